The number of hydrogen-bond donors (Lipinski definition) is 2. The molecule has 0 fully saturated rings. The normalized spacial score (nSPS) is 12.5. The molecule has 0 aliphatic carbocycles. The summed E-state index contributed by atoms with van der Waals surface area (Å²) < 4.78 is 10.5. The number of aliphatic carboxylic acids is 1. The highest BCUT2D eigenvalue weighted by molar-refractivity contribution is 6.03. The van der Waals surface area contributed by atoms with Gasteiger partial charge in [-0.15, -0.1) is 0 Å². The SMILES string of the molecule is O=C(O)C(=Cc1cccc2c1OCO2)NC(=O)c1ccc([N+](=O)[O-])cc1. The zero-order chi connectivity index (χ0) is 18.7. The van der Waals surface area contributed by atoms with Crippen molar-refractivity contribution < 1.29 is 29.1 Å². The van der Waals surface area contributed by atoms with Crippen LogP contribution in [0.25, 0.3) is 6.08 Å². The van der Waals surface area contributed by atoms with E-state index in [1.165, 1.54) is 18.2 Å². The molecule has 0 spiro atoms. The Morgan fingerprint density at radius 1 is 1.15 bits per heavy atom. The first-order valence-electron chi connectivity index (χ1n) is 7.35. The molecule has 2 aromatic carbocycles. The third kappa shape index (κ3) is 3.46. The number of carboxylic acids is 1. The van der Waals surface area contributed by atoms with Crippen LogP contribution in [0.15, 0.2) is 48.2 Å². The first-order chi connectivity index (χ1) is 12.5. The lowest BCUT2D eigenvalue weighted by Crippen LogP contribution is -2.27. The Balaban J connectivity index is 1.85. The maximum absolute atomic E-state index is 12.2. The van der Waals surface area contributed by atoms with Crippen LogP contribution in [0.1, 0.15) is 15.9 Å². The fraction of sp³-hybridized carbons (Fsp3) is 0.0588. The quantitative estimate of drug-likeness (QED) is 0.477. The van der Waals surface area contributed by atoms with Crippen LogP contribution in [0.2, 0.25) is 0 Å². The van der Waals surface area contributed by atoms with Gasteiger partial charge in [0.2, 0.25) is 6.79 Å². The van der Waals surface area contributed by atoms with Gasteiger partial charge in [-0.2, -0.15) is 0 Å². The van der Waals surface area contributed by atoms with Crippen molar-refractivity contribution in [1.29, 1.82) is 0 Å². The summed E-state index contributed by atoms with van der Waals surface area (Å²) in [6.07, 6.45) is 1.25. The van der Waals surface area contributed by atoms with Crippen LogP contribution in [0.3, 0.4) is 0 Å². The summed E-state index contributed by atoms with van der Waals surface area (Å²) >= 11 is 0. The van der Waals surface area contributed by atoms with Gasteiger partial charge in [-0.1, -0.05) is 12.1 Å². The van der Waals surface area contributed by atoms with Crippen LogP contribution in [-0.2, 0) is 4.79 Å². The predicted octanol–water partition coefficient (Wildman–Crippen LogP) is 2.18. The van der Waals surface area contributed by atoms with Crippen molar-refractivity contribution in [3.63, 3.8) is 0 Å². The Morgan fingerprint density at radius 2 is 1.88 bits per heavy atom. The highest BCUT2D eigenvalue weighted by Crippen LogP contribution is 2.36. The fourth-order valence-corrected chi connectivity index (χ4v) is 2.30. The van der Waals surface area contributed by atoms with Gasteiger partial charge in [0.25, 0.3) is 11.6 Å². The third-order valence-corrected chi connectivity index (χ3v) is 3.55. The van der Waals surface area contributed by atoms with Gasteiger partial charge in [0.1, 0.15) is 5.70 Å². The molecule has 3 rings (SSSR count). The first-order valence-corrected chi connectivity index (χ1v) is 7.35. The number of fused-ring (bicyclic) bond motifs is 1. The Morgan fingerprint density at radius 3 is 2.54 bits per heavy atom. The highest BCUT2D eigenvalue weighted by Gasteiger charge is 2.19. The van der Waals surface area contributed by atoms with E-state index in [1.807, 2.05) is 0 Å². The summed E-state index contributed by atoms with van der Waals surface area (Å²) in [5, 5.41) is 22.3. The summed E-state index contributed by atoms with van der Waals surface area (Å²) in [5.41, 5.74) is -0.0353. The van der Waals surface area contributed by atoms with Crippen molar-refractivity contribution in [2.45, 2.75) is 0 Å². The molecule has 0 radical (unpaired) electrons. The molecular weight excluding hydrogens is 344 g/mol. The average Bonchev–Trinajstić information content (AvgIpc) is 3.10. The number of nitrogens with zero attached hydrogens (tertiary/aromatic N) is 1. The molecule has 132 valence electrons. The number of hydrogen-bond acceptors (Lipinski definition) is 6. The molecule has 2 aromatic rings. The number of amides is 1. The van der Waals surface area contributed by atoms with Gasteiger partial charge >= 0.3 is 5.97 Å². The molecule has 0 unspecified atom stereocenters. The van der Waals surface area contributed by atoms with Crippen molar-refractivity contribution >= 4 is 23.6 Å². The van der Waals surface area contributed by atoms with E-state index >= 15 is 0 Å². The van der Waals surface area contributed by atoms with Crippen LogP contribution in [0.4, 0.5) is 5.69 Å². The van der Waals surface area contributed by atoms with E-state index in [0.717, 1.165) is 12.1 Å². The minimum Gasteiger partial charge on any atom is -0.477 e. The van der Waals surface area contributed by atoms with Crippen molar-refractivity contribution in [3.05, 3.63) is 69.4 Å². The minimum absolute atomic E-state index is 0.0255. The zero-order valence-electron chi connectivity index (χ0n) is 13.2. The van der Waals surface area contributed by atoms with Gasteiger partial charge in [0.05, 0.1) is 4.92 Å². The molecule has 9 nitrogen and oxygen atoms in total. The predicted molar refractivity (Wildman–Crippen MR) is 88.7 cm³/mol. The lowest BCUT2D eigenvalue weighted by molar-refractivity contribution is -0.384. The van der Waals surface area contributed by atoms with Crippen LogP contribution in [-0.4, -0.2) is 28.7 Å². The minimum atomic E-state index is -1.35. The van der Waals surface area contributed by atoms with E-state index in [0.29, 0.717) is 17.1 Å². The number of carbonyl (C=O) groups is 2. The van der Waals surface area contributed by atoms with E-state index in [2.05, 4.69) is 5.32 Å². The Bertz CT molecular complexity index is 919. The Labute approximate surface area is 146 Å². The Kier molecular flexibility index (Phi) is 4.52. The lowest BCUT2D eigenvalue weighted by Gasteiger charge is -2.07. The number of non-ortho nitro benzene ring substituents is 1. The number of benzene rings is 2. The fourth-order valence-electron chi connectivity index (χ4n) is 2.30. The number of carbonyl (C=O) groups excluding carboxylic acids is 1. The number of carboxylic acid groups (broad SMARTS) is 1. The second kappa shape index (κ2) is 6.93. The molecule has 9 heteroatoms. The van der Waals surface area contributed by atoms with E-state index in [4.69, 9.17) is 9.47 Å². The van der Waals surface area contributed by atoms with Crippen LogP contribution in [0.5, 0.6) is 11.5 Å². The van der Waals surface area contributed by atoms with E-state index in [-0.39, 0.29) is 23.7 Å². The summed E-state index contributed by atoms with van der Waals surface area (Å²) in [7, 11) is 0. The second-order valence-electron chi connectivity index (χ2n) is 5.20. The van der Waals surface area contributed by atoms with Crippen LogP contribution in [0, 0.1) is 10.1 Å². The maximum Gasteiger partial charge on any atom is 0.352 e. The molecule has 1 heterocycles. The number of rotatable bonds is 5. The molecule has 26 heavy (non-hydrogen) atoms. The lowest BCUT2D eigenvalue weighted by atomic mass is 10.1. The van der Waals surface area contributed by atoms with E-state index < -0.39 is 16.8 Å². The first kappa shape index (κ1) is 17.0. The van der Waals surface area contributed by atoms with Gasteiger partial charge in [0.15, 0.2) is 11.5 Å². The van der Waals surface area contributed by atoms with Crippen molar-refractivity contribution in [2.75, 3.05) is 6.79 Å². The van der Waals surface area contributed by atoms with Crippen molar-refractivity contribution in [2.24, 2.45) is 0 Å². The molecule has 0 bridgehead atoms. The number of nitro benzene ring substituents is 1. The van der Waals surface area contributed by atoms with Crippen molar-refractivity contribution in [1.82, 2.24) is 5.32 Å². The van der Waals surface area contributed by atoms with Crippen molar-refractivity contribution in [3.8, 4) is 11.5 Å². The molecule has 1 aliphatic rings. The highest BCUT2D eigenvalue weighted by atomic mass is 16.7. The standard InChI is InChI=1S/C17H12N2O7/c20-16(10-4-6-12(7-5-10)19(23)24)18-13(17(21)22)8-11-2-1-3-14-15(11)26-9-25-14/h1-8H,9H2,(H,18,20)(H,21,22). The topological polar surface area (TPSA) is 128 Å². The molecular formula is C17H12N2O7. The molecule has 0 saturated carbocycles. The smallest absolute Gasteiger partial charge is 0.352 e. The number of nitro groups is 1. The number of nitrogens with one attached hydrogen (secondary N) is 1. The summed E-state index contributed by atoms with van der Waals surface area (Å²) in [4.78, 5) is 33.7. The molecule has 1 aliphatic heterocycles. The van der Waals surface area contributed by atoms with Gasteiger partial charge in [-0.25, -0.2) is 4.79 Å². The number of ether oxygens (including phenoxy) is 2. The summed E-state index contributed by atoms with van der Waals surface area (Å²) in [6.45, 7) is 0.0255. The monoisotopic (exact) mass is 356 g/mol. The molecule has 0 saturated heterocycles. The van der Waals surface area contributed by atoms with Gasteiger partial charge in [0, 0.05) is 23.3 Å². The van der Waals surface area contributed by atoms with E-state index in [1.54, 1.807) is 18.2 Å². The molecule has 0 atom stereocenters. The van der Waals surface area contributed by atoms with Gasteiger partial charge in [-0.05, 0) is 24.3 Å². The summed E-state index contributed by atoms with van der Waals surface area (Å²) in [6, 6.07) is 9.76. The van der Waals surface area contributed by atoms with Crippen LogP contribution < -0.4 is 14.8 Å². The molecule has 1 amide bonds. The third-order valence-electron chi connectivity index (χ3n) is 3.55. The second-order valence-corrected chi connectivity index (χ2v) is 5.20. The molecule has 0 aromatic heterocycles. The van der Waals surface area contributed by atoms with Gasteiger partial charge in [-0.3, -0.25) is 14.9 Å². The number of para-hydroxylation sites is 1. The maximum atomic E-state index is 12.2. The largest absolute Gasteiger partial charge is 0.477 e. The van der Waals surface area contributed by atoms with Gasteiger partial charge < -0.3 is 19.9 Å². The van der Waals surface area contributed by atoms with Crippen LogP contribution >= 0.6 is 0 Å². The summed E-state index contributed by atoms with van der Waals surface area (Å²) in [5.74, 6) is -1.20. The zero-order valence-corrected chi connectivity index (χ0v) is 13.2. The Hall–Kier alpha value is -3.88. The van der Waals surface area contributed by atoms with E-state index in [9.17, 15) is 24.8 Å². The molecule has 2 N–H and O–H groups in total. The average molecular weight is 356 g/mol.